The van der Waals surface area contributed by atoms with Gasteiger partial charge in [-0.15, -0.1) is 11.3 Å². The lowest BCUT2D eigenvalue weighted by Gasteiger charge is -2.09. The molecule has 0 radical (unpaired) electrons. The third kappa shape index (κ3) is 4.44. The summed E-state index contributed by atoms with van der Waals surface area (Å²) in [5.74, 6) is -0.772. The molecule has 1 aromatic carbocycles. The second-order valence-electron chi connectivity index (χ2n) is 7.17. The molecule has 0 unspecified atom stereocenters. The van der Waals surface area contributed by atoms with Crippen molar-refractivity contribution in [1.29, 1.82) is 5.26 Å². The fourth-order valence-electron chi connectivity index (χ4n) is 3.55. The Kier molecular flexibility index (Phi) is 6.40. The molecule has 2 aromatic heterocycles. The summed E-state index contributed by atoms with van der Waals surface area (Å²) in [6.07, 6.45) is 4.40. The fourth-order valence-corrected chi connectivity index (χ4v) is 5.00. The molecule has 0 saturated carbocycles. The summed E-state index contributed by atoms with van der Waals surface area (Å²) in [5, 5.41) is 12.8. The van der Waals surface area contributed by atoms with Crippen LogP contribution in [0.3, 0.4) is 0 Å². The van der Waals surface area contributed by atoms with Gasteiger partial charge < -0.3 is 14.5 Å². The molecule has 32 heavy (non-hydrogen) atoms. The lowest BCUT2D eigenvalue weighted by Crippen LogP contribution is -2.21. The van der Waals surface area contributed by atoms with Crippen LogP contribution in [0.15, 0.2) is 34.7 Å². The molecule has 0 bridgehead atoms. The zero-order valence-electron chi connectivity index (χ0n) is 16.8. The molecular formula is C23H17ClN2O5S. The van der Waals surface area contributed by atoms with Crippen molar-refractivity contribution >= 4 is 46.1 Å². The Hall–Kier alpha value is -3.41. The van der Waals surface area contributed by atoms with Gasteiger partial charge in [-0.1, -0.05) is 11.6 Å². The van der Waals surface area contributed by atoms with Gasteiger partial charge in [0.2, 0.25) is 0 Å². The number of ether oxygens (including phenoxy) is 1. The minimum atomic E-state index is -0.778. The highest BCUT2D eigenvalue weighted by atomic mass is 35.5. The molecule has 2 heterocycles. The molecule has 4 rings (SSSR count). The number of carbonyl (C=O) groups is 3. The van der Waals surface area contributed by atoms with Crippen molar-refractivity contribution in [2.75, 3.05) is 11.9 Å². The summed E-state index contributed by atoms with van der Waals surface area (Å²) in [6, 6.07) is 9.90. The van der Waals surface area contributed by atoms with Crippen LogP contribution in [0.1, 0.15) is 49.8 Å². The van der Waals surface area contributed by atoms with Crippen molar-refractivity contribution in [2.45, 2.75) is 25.7 Å². The van der Waals surface area contributed by atoms with Crippen molar-refractivity contribution < 1.29 is 23.5 Å². The third-order valence-corrected chi connectivity index (χ3v) is 6.62. The number of fused-ring (bicyclic) bond motifs is 1. The lowest BCUT2D eigenvalue weighted by molar-refractivity contribution is -0.119. The minimum absolute atomic E-state index is 0.0605. The number of anilines is 1. The summed E-state index contributed by atoms with van der Waals surface area (Å²) in [4.78, 5) is 36.8. The standard InChI is InChI=1S/C23H17ClN2O5S/c24-18-7-5-13(19-8-6-14(11-27)31-19)9-16(18)23(29)30-12-21(28)26-22-17(10-25)15-3-1-2-4-20(15)32-22/h5-9,11H,1-4,12H2,(H,26,28). The van der Waals surface area contributed by atoms with Gasteiger partial charge in [0.25, 0.3) is 5.91 Å². The Morgan fingerprint density at radius 2 is 2.06 bits per heavy atom. The van der Waals surface area contributed by atoms with Crippen LogP contribution in [0.4, 0.5) is 5.00 Å². The molecule has 0 atom stereocenters. The third-order valence-electron chi connectivity index (χ3n) is 5.08. The summed E-state index contributed by atoms with van der Waals surface area (Å²) in [6.45, 7) is -0.525. The Balaban J connectivity index is 1.43. The number of furan rings is 1. The Labute approximate surface area is 192 Å². The number of aldehydes is 1. The SMILES string of the molecule is N#Cc1c(NC(=O)COC(=O)c2cc(-c3ccc(C=O)o3)ccc2Cl)sc2c1CCCC2. The van der Waals surface area contributed by atoms with E-state index < -0.39 is 18.5 Å². The second kappa shape index (κ2) is 9.39. The molecular weight excluding hydrogens is 452 g/mol. The van der Waals surface area contributed by atoms with E-state index in [0.29, 0.717) is 28.2 Å². The van der Waals surface area contributed by atoms with Gasteiger partial charge >= 0.3 is 5.97 Å². The molecule has 1 aliphatic rings. The Bertz CT molecular complexity index is 1250. The summed E-state index contributed by atoms with van der Waals surface area (Å²) < 4.78 is 10.5. The largest absolute Gasteiger partial charge is 0.453 e. The van der Waals surface area contributed by atoms with Gasteiger partial charge in [-0.25, -0.2) is 4.79 Å². The molecule has 1 aliphatic carbocycles. The average molecular weight is 469 g/mol. The molecule has 3 aromatic rings. The van der Waals surface area contributed by atoms with Crippen LogP contribution in [0, 0.1) is 11.3 Å². The number of halogens is 1. The van der Waals surface area contributed by atoms with Gasteiger partial charge in [-0.3, -0.25) is 9.59 Å². The molecule has 0 spiro atoms. The summed E-state index contributed by atoms with van der Waals surface area (Å²) in [5.41, 5.74) is 2.09. The maximum Gasteiger partial charge on any atom is 0.340 e. The normalized spacial score (nSPS) is 12.5. The number of amides is 1. The van der Waals surface area contributed by atoms with Crippen LogP contribution in [0.25, 0.3) is 11.3 Å². The first-order valence-corrected chi connectivity index (χ1v) is 11.1. The average Bonchev–Trinajstić information content (AvgIpc) is 3.42. The number of nitrogens with zero attached hydrogens (tertiary/aromatic N) is 1. The first-order chi connectivity index (χ1) is 15.5. The van der Waals surface area contributed by atoms with Gasteiger partial charge in [0.15, 0.2) is 18.7 Å². The number of rotatable bonds is 6. The van der Waals surface area contributed by atoms with Crippen LogP contribution in [0.5, 0.6) is 0 Å². The fraction of sp³-hybridized carbons (Fsp3) is 0.217. The number of hydrogen-bond donors (Lipinski definition) is 1. The van der Waals surface area contributed by atoms with Gasteiger partial charge in [0, 0.05) is 10.4 Å². The predicted molar refractivity (Wildman–Crippen MR) is 119 cm³/mol. The zero-order valence-corrected chi connectivity index (χ0v) is 18.3. The molecule has 7 nitrogen and oxygen atoms in total. The molecule has 162 valence electrons. The highest BCUT2D eigenvalue weighted by Gasteiger charge is 2.22. The first-order valence-electron chi connectivity index (χ1n) is 9.86. The molecule has 0 fully saturated rings. The number of nitriles is 1. The molecule has 9 heteroatoms. The van der Waals surface area contributed by atoms with Gasteiger partial charge in [-0.05, 0) is 61.6 Å². The number of thiophene rings is 1. The van der Waals surface area contributed by atoms with Crippen molar-refractivity contribution in [1.82, 2.24) is 0 Å². The maximum atomic E-state index is 12.5. The van der Waals surface area contributed by atoms with E-state index in [4.69, 9.17) is 20.8 Å². The van der Waals surface area contributed by atoms with Gasteiger partial charge in [0.05, 0.1) is 16.1 Å². The van der Waals surface area contributed by atoms with Crippen LogP contribution in [-0.2, 0) is 22.4 Å². The van der Waals surface area contributed by atoms with E-state index in [1.54, 1.807) is 12.1 Å². The molecule has 1 N–H and O–H groups in total. The smallest absolute Gasteiger partial charge is 0.340 e. The zero-order chi connectivity index (χ0) is 22.7. The maximum absolute atomic E-state index is 12.5. The van der Waals surface area contributed by atoms with E-state index in [0.717, 1.165) is 36.1 Å². The molecule has 1 amide bonds. The number of nitrogens with one attached hydrogen (secondary N) is 1. The number of esters is 1. The van der Waals surface area contributed by atoms with Crippen molar-refractivity contribution in [2.24, 2.45) is 0 Å². The van der Waals surface area contributed by atoms with Crippen LogP contribution < -0.4 is 5.32 Å². The number of aryl methyl sites for hydroxylation is 1. The lowest BCUT2D eigenvalue weighted by atomic mass is 9.96. The van der Waals surface area contributed by atoms with Crippen LogP contribution >= 0.6 is 22.9 Å². The monoisotopic (exact) mass is 468 g/mol. The first kappa shape index (κ1) is 21.8. The van der Waals surface area contributed by atoms with Crippen LogP contribution in [-0.4, -0.2) is 24.8 Å². The van der Waals surface area contributed by atoms with Gasteiger partial charge in [0.1, 0.15) is 16.8 Å². The van der Waals surface area contributed by atoms with Crippen molar-refractivity contribution in [3.8, 4) is 17.4 Å². The van der Waals surface area contributed by atoms with E-state index in [1.807, 2.05) is 0 Å². The quantitative estimate of drug-likeness (QED) is 0.401. The van der Waals surface area contributed by atoms with Crippen LogP contribution in [0.2, 0.25) is 5.02 Å². The highest BCUT2D eigenvalue weighted by Crippen LogP contribution is 2.37. The van der Waals surface area contributed by atoms with Gasteiger partial charge in [-0.2, -0.15) is 5.26 Å². The minimum Gasteiger partial charge on any atom is -0.453 e. The Morgan fingerprint density at radius 3 is 2.81 bits per heavy atom. The number of carbonyl (C=O) groups excluding carboxylic acids is 3. The summed E-state index contributed by atoms with van der Waals surface area (Å²) >= 11 is 7.53. The number of benzene rings is 1. The molecule has 0 aliphatic heterocycles. The van der Waals surface area contributed by atoms with E-state index in [2.05, 4.69) is 11.4 Å². The van der Waals surface area contributed by atoms with Crippen molar-refractivity contribution in [3.05, 3.63) is 62.7 Å². The topological polar surface area (TPSA) is 109 Å². The summed E-state index contributed by atoms with van der Waals surface area (Å²) in [7, 11) is 0. The van der Waals surface area contributed by atoms with E-state index in [-0.39, 0.29) is 16.3 Å². The second-order valence-corrected chi connectivity index (χ2v) is 8.68. The highest BCUT2D eigenvalue weighted by molar-refractivity contribution is 7.16. The van der Waals surface area contributed by atoms with E-state index in [1.165, 1.54) is 29.5 Å². The number of hydrogen-bond acceptors (Lipinski definition) is 7. The predicted octanol–water partition coefficient (Wildman–Crippen LogP) is 5.02. The Morgan fingerprint density at radius 1 is 1.25 bits per heavy atom. The van der Waals surface area contributed by atoms with E-state index >= 15 is 0 Å². The van der Waals surface area contributed by atoms with Crippen molar-refractivity contribution in [3.63, 3.8) is 0 Å². The molecule has 0 saturated heterocycles. The van der Waals surface area contributed by atoms with E-state index in [9.17, 15) is 19.6 Å².